The van der Waals surface area contributed by atoms with Crippen LogP contribution in [0.2, 0.25) is 0 Å². The van der Waals surface area contributed by atoms with E-state index in [1.807, 2.05) is 23.5 Å². The van der Waals surface area contributed by atoms with Gasteiger partial charge in [0.1, 0.15) is 11.2 Å². The van der Waals surface area contributed by atoms with Crippen molar-refractivity contribution in [2.24, 2.45) is 0 Å². The number of benzene rings is 9. The van der Waals surface area contributed by atoms with Gasteiger partial charge < -0.3 is 9.32 Å². The standard InChI is InChI=1S/C52H33NOS/c1-2-12-35-29-40(24-23-34(35)11-1)43-17-3-6-20-48(43)53(41-15-9-13-36(30-41)38-25-27-45-44-18-4-7-21-49(44)54-50(45)32-38)42-16-10-14-37(31-42)39-26-28-47-46-19-5-8-22-51(46)55-52(47)33-39/h1-33H. The third kappa shape index (κ3) is 5.48. The fraction of sp³-hybridized carbons (Fsp3) is 0. The Morgan fingerprint density at radius 1 is 0.345 bits per heavy atom. The van der Waals surface area contributed by atoms with Gasteiger partial charge in [-0.15, -0.1) is 11.3 Å². The molecule has 0 spiro atoms. The van der Waals surface area contributed by atoms with Gasteiger partial charge in [-0.25, -0.2) is 0 Å². The van der Waals surface area contributed by atoms with Crippen molar-refractivity contribution < 1.29 is 4.42 Å². The van der Waals surface area contributed by atoms with E-state index in [9.17, 15) is 0 Å². The van der Waals surface area contributed by atoms with Gasteiger partial charge in [-0.2, -0.15) is 0 Å². The van der Waals surface area contributed by atoms with Crippen molar-refractivity contribution in [2.45, 2.75) is 0 Å². The number of fused-ring (bicyclic) bond motifs is 7. The van der Waals surface area contributed by atoms with Gasteiger partial charge in [-0.1, -0.05) is 133 Å². The first-order chi connectivity index (χ1) is 27.2. The summed E-state index contributed by atoms with van der Waals surface area (Å²) >= 11 is 1.86. The Morgan fingerprint density at radius 3 is 1.78 bits per heavy atom. The maximum absolute atomic E-state index is 6.32. The Balaban J connectivity index is 1.08. The number of anilines is 3. The van der Waals surface area contributed by atoms with Crippen molar-refractivity contribution in [3.63, 3.8) is 0 Å². The minimum Gasteiger partial charge on any atom is -0.456 e. The van der Waals surface area contributed by atoms with Crippen molar-refractivity contribution in [3.8, 4) is 33.4 Å². The molecule has 11 aromatic rings. The summed E-state index contributed by atoms with van der Waals surface area (Å²) in [6.45, 7) is 0. The second kappa shape index (κ2) is 12.9. The average molecular weight is 720 g/mol. The van der Waals surface area contributed by atoms with Crippen LogP contribution in [0.4, 0.5) is 17.1 Å². The van der Waals surface area contributed by atoms with Crippen LogP contribution in [0.1, 0.15) is 0 Å². The number of para-hydroxylation sites is 2. The molecule has 9 aromatic carbocycles. The van der Waals surface area contributed by atoms with Crippen LogP contribution in [0, 0.1) is 0 Å². The van der Waals surface area contributed by atoms with Crippen LogP contribution < -0.4 is 4.90 Å². The lowest BCUT2D eigenvalue weighted by molar-refractivity contribution is 0.669. The Bertz CT molecular complexity index is 3080. The van der Waals surface area contributed by atoms with Gasteiger partial charge in [0.05, 0.1) is 5.69 Å². The Morgan fingerprint density at radius 2 is 0.945 bits per heavy atom. The molecule has 2 aromatic heterocycles. The maximum atomic E-state index is 6.32. The third-order valence-electron chi connectivity index (χ3n) is 10.8. The second-order valence-corrected chi connectivity index (χ2v) is 15.2. The summed E-state index contributed by atoms with van der Waals surface area (Å²) in [7, 11) is 0. The molecule has 0 bridgehead atoms. The molecule has 0 fully saturated rings. The monoisotopic (exact) mass is 719 g/mol. The molecule has 0 unspecified atom stereocenters. The quantitative estimate of drug-likeness (QED) is 0.170. The fourth-order valence-corrected chi connectivity index (χ4v) is 9.30. The minimum absolute atomic E-state index is 0.894. The first kappa shape index (κ1) is 31.6. The van der Waals surface area contributed by atoms with Crippen LogP contribution in [0.5, 0.6) is 0 Å². The van der Waals surface area contributed by atoms with E-state index in [4.69, 9.17) is 4.42 Å². The predicted octanol–water partition coefficient (Wildman–Crippen LogP) is 15.6. The van der Waals surface area contributed by atoms with Crippen LogP contribution in [0.15, 0.2) is 205 Å². The fourth-order valence-electron chi connectivity index (χ4n) is 8.16. The lowest BCUT2D eigenvalue weighted by atomic mass is 9.97. The number of hydrogen-bond donors (Lipinski definition) is 0. The molecule has 0 atom stereocenters. The summed E-state index contributed by atoms with van der Waals surface area (Å²) in [6.07, 6.45) is 0. The van der Waals surface area contributed by atoms with E-state index in [-0.39, 0.29) is 0 Å². The molecule has 0 saturated heterocycles. The molecule has 2 heterocycles. The topological polar surface area (TPSA) is 16.4 Å². The number of rotatable bonds is 6. The SMILES string of the molecule is c1cc(-c2ccc3c(c2)oc2ccccc23)cc(N(c2cccc(-c3ccc4c(c3)sc3ccccc34)c2)c2ccccc2-c2ccc3ccccc3c2)c1. The third-order valence-corrected chi connectivity index (χ3v) is 12.0. The molecule has 0 radical (unpaired) electrons. The van der Waals surface area contributed by atoms with E-state index in [0.29, 0.717) is 0 Å². The van der Waals surface area contributed by atoms with E-state index < -0.39 is 0 Å². The Kier molecular flexibility index (Phi) is 7.39. The van der Waals surface area contributed by atoms with Crippen LogP contribution in [-0.2, 0) is 0 Å². The van der Waals surface area contributed by atoms with Crippen molar-refractivity contribution in [3.05, 3.63) is 200 Å². The zero-order valence-electron chi connectivity index (χ0n) is 29.8. The molecular weight excluding hydrogens is 687 g/mol. The summed E-state index contributed by atoms with van der Waals surface area (Å²) in [5.74, 6) is 0. The van der Waals surface area contributed by atoms with E-state index in [0.717, 1.165) is 50.1 Å². The molecule has 0 aliphatic carbocycles. The Hall–Kier alpha value is -6.94. The van der Waals surface area contributed by atoms with Gasteiger partial charge in [0.25, 0.3) is 0 Å². The molecule has 258 valence electrons. The highest BCUT2D eigenvalue weighted by Crippen LogP contribution is 2.44. The molecular formula is C52H33NOS. The molecule has 3 heteroatoms. The largest absolute Gasteiger partial charge is 0.456 e. The highest BCUT2D eigenvalue weighted by atomic mass is 32.1. The molecule has 0 saturated carbocycles. The highest BCUT2D eigenvalue weighted by molar-refractivity contribution is 7.25. The molecule has 0 amide bonds. The molecule has 2 nitrogen and oxygen atoms in total. The first-order valence-electron chi connectivity index (χ1n) is 18.7. The summed E-state index contributed by atoms with van der Waals surface area (Å²) in [5, 5.41) is 7.36. The Labute approximate surface area is 322 Å². The second-order valence-electron chi connectivity index (χ2n) is 14.1. The first-order valence-corrected chi connectivity index (χ1v) is 19.5. The smallest absolute Gasteiger partial charge is 0.136 e. The molecule has 0 N–H and O–H groups in total. The van der Waals surface area contributed by atoms with Crippen LogP contribution >= 0.6 is 11.3 Å². The van der Waals surface area contributed by atoms with Crippen molar-refractivity contribution in [1.29, 1.82) is 0 Å². The van der Waals surface area contributed by atoms with Gasteiger partial charge in [0.2, 0.25) is 0 Å². The van der Waals surface area contributed by atoms with E-state index in [2.05, 4.69) is 193 Å². The van der Waals surface area contributed by atoms with Crippen molar-refractivity contribution >= 4 is 81.3 Å². The van der Waals surface area contributed by atoms with E-state index in [1.165, 1.54) is 53.2 Å². The van der Waals surface area contributed by atoms with Crippen molar-refractivity contribution in [1.82, 2.24) is 0 Å². The van der Waals surface area contributed by atoms with E-state index >= 15 is 0 Å². The van der Waals surface area contributed by atoms with Gasteiger partial charge >= 0.3 is 0 Å². The lowest BCUT2D eigenvalue weighted by Crippen LogP contribution is -2.11. The normalized spacial score (nSPS) is 11.6. The molecule has 0 aliphatic rings. The zero-order chi connectivity index (χ0) is 36.3. The van der Waals surface area contributed by atoms with Crippen LogP contribution in [0.25, 0.3) is 86.3 Å². The number of furan rings is 1. The van der Waals surface area contributed by atoms with Crippen molar-refractivity contribution in [2.75, 3.05) is 4.90 Å². The molecule has 55 heavy (non-hydrogen) atoms. The zero-order valence-corrected chi connectivity index (χ0v) is 30.6. The number of hydrogen-bond acceptors (Lipinski definition) is 3. The lowest BCUT2D eigenvalue weighted by Gasteiger charge is -2.29. The molecule has 11 rings (SSSR count). The van der Waals surface area contributed by atoms with Gasteiger partial charge in [0.15, 0.2) is 0 Å². The van der Waals surface area contributed by atoms with E-state index in [1.54, 1.807) is 0 Å². The summed E-state index contributed by atoms with van der Waals surface area (Å²) in [4.78, 5) is 2.41. The van der Waals surface area contributed by atoms with Crippen LogP contribution in [-0.4, -0.2) is 0 Å². The van der Waals surface area contributed by atoms with Gasteiger partial charge in [0, 0.05) is 47.9 Å². The number of nitrogens with zero attached hydrogens (tertiary/aromatic N) is 1. The summed E-state index contributed by atoms with van der Waals surface area (Å²) in [5.41, 5.74) is 12.0. The maximum Gasteiger partial charge on any atom is 0.136 e. The minimum atomic E-state index is 0.894. The summed E-state index contributed by atoms with van der Waals surface area (Å²) in [6, 6.07) is 72.4. The van der Waals surface area contributed by atoms with Gasteiger partial charge in [-0.3, -0.25) is 0 Å². The number of thiophene rings is 1. The predicted molar refractivity (Wildman–Crippen MR) is 235 cm³/mol. The molecule has 0 aliphatic heterocycles. The van der Waals surface area contributed by atoms with Crippen LogP contribution in [0.3, 0.4) is 0 Å². The van der Waals surface area contributed by atoms with Gasteiger partial charge in [-0.05, 0) is 105 Å². The average Bonchev–Trinajstić information content (AvgIpc) is 3.82. The highest BCUT2D eigenvalue weighted by Gasteiger charge is 2.19. The summed E-state index contributed by atoms with van der Waals surface area (Å²) < 4.78 is 8.94.